The summed E-state index contributed by atoms with van der Waals surface area (Å²) in [6.07, 6.45) is 1.23. The maximum Gasteiger partial charge on any atom is 0.586 e. The van der Waals surface area contributed by atoms with Gasteiger partial charge in [-0.1, -0.05) is 6.07 Å². The lowest BCUT2D eigenvalue weighted by Crippen LogP contribution is -2.46. The van der Waals surface area contributed by atoms with Crippen LogP contribution in [0, 0.1) is 0 Å². The lowest BCUT2D eigenvalue weighted by molar-refractivity contribution is -0.286. The largest absolute Gasteiger partial charge is 0.586 e. The molecule has 4 heterocycles. The number of hydrogen-bond donors (Lipinski definition) is 1. The van der Waals surface area contributed by atoms with Crippen molar-refractivity contribution in [1.29, 1.82) is 0 Å². The van der Waals surface area contributed by atoms with Crippen molar-refractivity contribution in [2.24, 2.45) is 0 Å². The van der Waals surface area contributed by atoms with E-state index >= 15 is 0 Å². The molecular formula is C23H26F2N4O4. The first kappa shape index (κ1) is 21.7. The summed E-state index contributed by atoms with van der Waals surface area (Å²) in [5.74, 6) is 0.742. The smallest absolute Gasteiger partial charge is 0.478 e. The van der Waals surface area contributed by atoms with Crippen molar-refractivity contribution >= 4 is 17.3 Å². The van der Waals surface area contributed by atoms with E-state index < -0.39 is 6.29 Å². The molecule has 0 aliphatic carbocycles. The Hall–Kier alpha value is -3.14. The van der Waals surface area contributed by atoms with Gasteiger partial charge in [-0.3, -0.25) is 9.69 Å². The van der Waals surface area contributed by atoms with Gasteiger partial charge >= 0.3 is 6.29 Å². The van der Waals surface area contributed by atoms with Crippen molar-refractivity contribution in [1.82, 2.24) is 9.88 Å². The Balaban J connectivity index is 1.04. The Morgan fingerprint density at radius 2 is 1.97 bits per heavy atom. The minimum absolute atomic E-state index is 0.0233. The van der Waals surface area contributed by atoms with E-state index in [1.54, 1.807) is 24.4 Å². The first-order chi connectivity index (χ1) is 16.0. The summed E-state index contributed by atoms with van der Waals surface area (Å²) in [5.41, 5.74) is 2.47. The molecule has 0 spiro atoms. The van der Waals surface area contributed by atoms with Crippen molar-refractivity contribution in [2.45, 2.75) is 32.0 Å². The van der Waals surface area contributed by atoms with E-state index in [-0.39, 0.29) is 17.4 Å². The third kappa shape index (κ3) is 4.95. The highest BCUT2D eigenvalue weighted by atomic mass is 19.3. The number of ether oxygens (including phenoxy) is 3. The van der Waals surface area contributed by atoms with Gasteiger partial charge in [0.15, 0.2) is 11.5 Å². The number of anilines is 2. The maximum absolute atomic E-state index is 13.4. The lowest BCUT2D eigenvalue weighted by atomic mass is 10.1. The summed E-state index contributed by atoms with van der Waals surface area (Å²) < 4.78 is 41.9. The fraction of sp³-hybridized carbons (Fsp3) is 0.478. The quantitative estimate of drug-likeness (QED) is 0.636. The molecule has 1 aromatic heterocycles. The molecule has 0 bridgehead atoms. The zero-order chi connectivity index (χ0) is 22.8. The molecule has 0 saturated carbocycles. The number of halogens is 2. The van der Waals surface area contributed by atoms with E-state index in [9.17, 15) is 13.6 Å². The van der Waals surface area contributed by atoms with Crippen LogP contribution in [-0.2, 0) is 11.2 Å². The second-order valence-electron chi connectivity index (χ2n) is 8.38. The van der Waals surface area contributed by atoms with Crippen LogP contribution in [-0.4, -0.2) is 61.4 Å². The van der Waals surface area contributed by atoms with E-state index in [0.717, 1.165) is 56.8 Å². The third-order valence-electron chi connectivity index (χ3n) is 6.10. The van der Waals surface area contributed by atoms with E-state index in [2.05, 4.69) is 24.8 Å². The molecule has 1 fully saturated rings. The van der Waals surface area contributed by atoms with Gasteiger partial charge in [-0.25, -0.2) is 4.98 Å². The van der Waals surface area contributed by atoms with Gasteiger partial charge in [0.25, 0.3) is 0 Å². The second-order valence-corrected chi connectivity index (χ2v) is 8.38. The summed E-state index contributed by atoms with van der Waals surface area (Å²) in [4.78, 5) is 20.3. The first-order valence-corrected chi connectivity index (χ1v) is 11.2. The molecule has 3 aliphatic rings. The second kappa shape index (κ2) is 9.01. The minimum atomic E-state index is -3.61. The summed E-state index contributed by atoms with van der Waals surface area (Å²) in [5, 5.41) is 2.86. The Labute approximate surface area is 190 Å². The van der Waals surface area contributed by atoms with Gasteiger partial charge in [-0.05, 0) is 43.5 Å². The molecule has 8 nitrogen and oxygen atoms in total. The number of nitrogens with one attached hydrogen (secondary N) is 1. The zero-order valence-electron chi connectivity index (χ0n) is 18.2. The van der Waals surface area contributed by atoms with Crippen LogP contribution in [0.3, 0.4) is 0 Å². The van der Waals surface area contributed by atoms with Crippen LogP contribution in [0.1, 0.15) is 24.8 Å². The molecular weight excluding hydrogens is 434 g/mol. The highest BCUT2D eigenvalue weighted by Crippen LogP contribution is 2.47. The van der Waals surface area contributed by atoms with E-state index in [4.69, 9.17) is 9.47 Å². The number of benzene rings is 1. The number of nitrogens with zero attached hydrogens (tertiary/aromatic N) is 3. The molecule has 1 amide bonds. The van der Waals surface area contributed by atoms with Crippen LogP contribution >= 0.6 is 0 Å². The molecule has 33 heavy (non-hydrogen) atoms. The van der Waals surface area contributed by atoms with Crippen molar-refractivity contribution in [3.05, 3.63) is 36.0 Å². The van der Waals surface area contributed by atoms with Crippen molar-refractivity contribution in [2.75, 3.05) is 49.5 Å². The first-order valence-electron chi connectivity index (χ1n) is 11.2. The predicted octanol–water partition coefficient (Wildman–Crippen LogP) is 3.27. The SMILES string of the molecule is O=C1CCc2cnc(OCCCCN3CCN(c4cccc5c4OC(F)(F)O5)CC3)cc2N1. The van der Waals surface area contributed by atoms with E-state index in [1.807, 2.05) is 0 Å². The molecule has 1 aromatic carbocycles. The third-order valence-corrected chi connectivity index (χ3v) is 6.10. The molecule has 10 heteroatoms. The standard InChI is InChI=1S/C23H26F2N4O4/c24-23(25)32-19-5-3-4-18(22(19)33-23)29-11-9-28(10-12-29)8-1-2-13-31-21-14-17-16(15-26-21)6-7-20(30)27-17/h3-5,14-15H,1-2,6-13H2,(H,27,30). The van der Waals surface area contributed by atoms with Gasteiger partial charge in [0, 0.05) is 44.9 Å². The number of carbonyl (C=O) groups excluding carboxylic acids is 1. The number of piperazine rings is 1. The number of amides is 1. The average molecular weight is 460 g/mol. The normalized spacial score (nSPS) is 19.2. The number of aromatic nitrogens is 1. The molecule has 1 N–H and O–H groups in total. The number of rotatable bonds is 7. The number of aryl methyl sites for hydroxylation is 1. The molecule has 0 radical (unpaired) electrons. The topological polar surface area (TPSA) is 76.2 Å². The Bertz CT molecular complexity index is 1030. The maximum atomic E-state index is 13.4. The zero-order valence-corrected chi connectivity index (χ0v) is 18.2. The fourth-order valence-corrected chi connectivity index (χ4v) is 4.35. The van der Waals surface area contributed by atoms with Crippen LogP contribution in [0.2, 0.25) is 0 Å². The number of para-hydroxylation sites is 1. The summed E-state index contributed by atoms with van der Waals surface area (Å²) in [6.45, 7) is 4.64. The average Bonchev–Trinajstić information content (AvgIpc) is 3.13. The molecule has 0 unspecified atom stereocenters. The van der Waals surface area contributed by atoms with Crippen LogP contribution in [0.5, 0.6) is 17.4 Å². The van der Waals surface area contributed by atoms with Crippen molar-refractivity contribution in [3.8, 4) is 17.4 Å². The number of carbonyl (C=O) groups is 1. The summed E-state index contributed by atoms with van der Waals surface area (Å²) in [7, 11) is 0. The van der Waals surface area contributed by atoms with Gasteiger partial charge < -0.3 is 24.4 Å². The lowest BCUT2D eigenvalue weighted by Gasteiger charge is -2.36. The monoisotopic (exact) mass is 460 g/mol. The van der Waals surface area contributed by atoms with Crippen LogP contribution < -0.4 is 24.4 Å². The molecule has 176 valence electrons. The molecule has 0 atom stereocenters. The van der Waals surface area contributed by atoms with E-state index in [1.165, 1.54) is 6.07 Å². The van der Waals surface area contributed by atoms with Crippen molar-refractivity contribution < 1.29 is 27.8 Å². The highest BCUT2D eigenvalue weighted by molar-refractivity contribution is 5.93. The molecule has 5 rings (SSSR count). The van der Waals surface area contributed by atoms with Crippen LogP contribution in [0.4, 0.5) is 20.2 Å². The Morgan fingerprint density at radius 1 is 1.12 bits per heavy atom. The summed E-state index contributed by atoms with van der Waals surface area (Å²) >= 11 is 0. The minimum Gasteiger partial charge on any atom is -0.478 e. The van der Waals surface area contributed by atoms with Gasteiger partial charge in [-0.15, -0.1) is 8.78 Å². The van der Waals surface area contributed by atoms with Gasteiger partial charge in [0.05, 0.1) is 18.0 Å². The van der Waals surface area contributed by atoms with Gasteiger partial charge in [0.1, 0.15) is 0 Å². The Kier molecular flexibility index (Phi) is 5.92. The highest BCUT2D eigenvalue weighted by Gasteiger charge is 2.45. The number of pyridine rings is 1. The summed E-state index contributed by atoms with van der Waals surface area (Å²) in [6, 6.07) is 6.78. The fourth-order valence-electron chi connectivity index (χ4n) is 4.35. The van der Waals surface area contributed by atoms with Crippen molar-refractivity contribution in [3.63, 3.8) is 0 Å². The number of hydrogen-bond acceptors (Lipinski definition) is 7. The van der Waals surface area contributed by atoms with Crippen LogP contribution in [0.25, 0.3) is 0 Å². The Morgan fingerprint density at radius 3 is 2.82 bits per heavy atom. The van der Waals surface area contributed by atoms with Gasteiger partial charge in [-0.2, -0.15) is 0 Å². The molecule has 1 saturated heterocycles. The van der Waals surface area contributed by atoms with Gasteiger partial charge in [0.2, 0.25) is 11.8 Å². The number of fused-ring (bicyclic) bond motifs is 2. The van der Waals surface area contributed by atoms with E-state index in [0.29, 0.717) is 31.0 Å². The molecule has 3 aliphatic heterocycles. The van der Waals surface area contributed by atoms with Crippen LogP contribution in [0.15, 0.2) is 30.5 Å². The predicted molar refractivity (Wildman–Crippen MR) is 117 cm³/mol. The molecule has 2 aromatic rings. The number of alkyl halides is 2. The number of unbranched alkanes of at least 4 members (excludes halogenated alkanes) is 1.